The molecule has 1 heterocycles. The molecule has 1 aromatic heterocycles. The van der Waals surface area contributed by atoms with Crippen LogP contribution in [0, 0.1) is 0 Å². The first-order valence-electron chi connectivity index (χ1n) is 3.53. The van der Waals surface area contributed by atoms with E-state index in [0.29, 0.717) is 5.56 Å². The molecule has 2 N–H and O–H groups in total. The Balaban J connectivity index is 3.01. The normalized spacial score (nSPS) is 9.55. The van der Waals surface area contributed by atoms with Gasteiger partial charge in [0.05, 0.1) is 0 Å². The number of rotatable bonds is 2. The van der Waals surface area contributed by atoms with Crippen LogP contribution in [0.15, 0.2) is 24.5 Å². The molecule has 0 radical (unpaired) electrons. The van der Waals surface area contributed by atoms with Gasteiger partial charge in [0.1, 0.15) is 12.1 Å². The van der Waals surface area contributed by atoms with E-state index in [4.69, 9.17) is 5.73 Å². The van der Waals surface area contributed by atoms with Crippen molar-refractivity contribution in [3.63, 3.8) is 0 Å². The minimum absolute atomic E-state index is 0.382. The summed E-state index contributed by atoms with van der Waals surface area (Å²) >= 11 is 0. The number of carbonyl (C=O) groups is 1. The van der Waals surface area contributed by atoms with Crippen molar-refractivity contribution >= 4 is 5.91 Å². The van der Waals surface area contributed by atoms with Crippen molar-refractivity contribution in [1.29, 1.82) is 0 Å². The van der Waals surface area contributed by atoms with E-state index >= 15 is 0 Å². The lowest BCUT2D eigenvalue weighted by Gasteiger charge is -1.93. The Hall–Kier alpha value is -1.38. The Kier molecular flexibility index (Phi) is 2.21. The summed E-state index contributed by atoms with van der Waals surface area (Å²) in [5.74, 6) is -0.382. The van der Waals surface area contributed by atoms with E-state index in [2.05, 4.69) is 0 Å². The van der Waals surface area contributed by atoms with Gasteiger partial charge in [-0.15, -0.1) is 0 Å². The molecule has 0 aliphatic heterocycles. The Morgan fingerprint density at radius 1 is 1.73 bits per heavy atom. The largest absolute Gasteiger partial charge is 0.365 e. The molecule has 1 rings (SSSR count). The second kappa shape index (κ2) is 3.14. The van der Waals surface area contributed by atoms with Crippen molar-refractivity contribution in [2.24, 2.45) is 5.73 Å². The molecule has 3 heteroatoms. The molecule has 0 aliphatic rings. The molecule has 0 spiro atoms. The number of hydrogen-bond donors (Lipinski definition) is 1. The lowest BCUT2D eigenvalue weighted by molar-refractivity contribution is -0.693. The van der Waals surface area contributed by atoms with Crippen molar-refractivity contribution in [2.75, 3.05) is 0 Å². The predicted octanol–water partition coefficient (Wildman–Crippen LogP) is 0.0929. The van der Waals surface area contributed by atoms with Crippen LogP contribution >= 0.6 is 0 Å². The van der Waals surface area contributed by atoms with Gasteiger partial charge in [-0.2, -0.15) is 0 Å². The summed E-state index contributed by atoms with van der Waals surface area (Å²) in [5.41, 5.74) is 5.64. The van der Waals surface area contributed by atoms with Crippen LogP contribution in [0.4, 0.5) is 0 Å². The average Bonchev–Trinajstić information content (AvgIpc) is 2.05. The third kappa shape index (κ3) is 1.77. The minimum Gasteiger partial charge on any atom is -0.365 e. The molecule has 0 aliphatic carbocycles. The Labute approximate surface area is 65.5 Å². The van der Waals surface area contributed by atoms with Crippen molar-refractivity contribution in [1.82, 2.24) is 0 Å². The molecule has 58 valence electrons. The number of pyridine rings is 1. The molecule has 0 unspecified atom stereocenters. The maximum Gasteiger partial charge on any atom is 0.254 e. The molecule has 0 aromatic carbocycles. The number of nitrogens with two attached hydrogens (primary N) is 1. The van der Waals surface area contributed by atoms with Gasteiger partial charge >= 0.3 is 0 Å². The second-order valence-electron chi connectivity index (χ2n) is 2.29. The Bertz CT molecular complexity index is 271. The van der Waals surface area contributed by atoms with E-state index in [1.807, 2.05) is 23.8 Å². The molecule has 11 heavy (non-hydrogen) atoms. The van der Waals surface area contributed by atoms with Crippen LogP contribution < -0.4 is 10.3 Å². The monoisotopic (exact) mass is 152 g/mol. The van der Waals surface area contributed by atoms with Gasteiger partial charge in [0.2, 0.25) is 0 Å². The zero-order chi connectivity index (χ0) is 8.27. The fourth-order valence-corrected chi connectivity index (χ4v) is 0.864. The van der Waals surface area contributed by atoms with E-state index in [-0.39, 0.29) is 5.91 Å². The summed E-state index contributed by atoms with van der Waals surface area (Å²) in [4.78, 5) is 10.7. The summed E-state index contributed by atoms with van der Waals surface area (Å²) in [5, 5.41) is 0. The zero-order valence-corrected chi connectivity index (χ0v) is 6.45. The highest BCUT2D eigenvalue weighted by molar-refractivity contribution is 5.92. The number of carbonyl (C=O) groups excluding carboxylic acids is 1. The molecular weight excluding hydrogens is 141 g/mol. The molecule has 0 atom stereocenters. The third-order valence-corrected chi connectivity index (χ3v) is 1.51. The zero-order valence-electron chi connectivity index (χ0n) is 6.45. The van der Waals surface area contributed by atoms with Crippen molar-refractivity contribution in [3.8, 4) is 0 Å². The van der Waals surface area contributed by atoms with Gasteiger partial charge in [0, 0.05) is 6.07 Å². The number of hydrogen-bond acceptors (Lipinski definition) is 1. The number of aromatic nitrogens is 1. The van der Waals surface area contributed by atoms with Crippen molar-refractivity contribution in [3.05, 3.63) is 30.1 Å². The van der Waals surface area contributed by atoms with Crippen molar-refractivity contribution in [2.45, 2.75) is 13.5 Å². The summed E-state index contributed by atoms with van der Waals surface area (Å²) in [7, 11) is 0. The van der Waals surface area contributed by atoms with Gasteiger partial charge in [-0.05, 0) is 13.0 Å². The third-order valence-electron chi connectivity index (χ3n) is 1.51. The predicted molar refractivity (Wildman–Crippen MR) is 40.8 cm³/mol. The summed E-state index contributed by atoms with van der Waals surface area (Å²) < 4.78 is 1.90. The van der Waals surface area contributed by atoms with Crippen LogP contribution in [0.5, 0.6) is 0 Å². The summed E-state index contributed by atoms with van der Waals surface area (Å²) in [6.45, 7) is 2.85. The molecule has 3 nitrogen and oxygen atoms in total. The Morgan fingerprint density at radius 3 is 3.00 bits per heavy atom. The highest BCUT2D eigenvalue weighted by atomic mass is 16.1. The molecule has 0 fully saturated rings. The van der Waals surface area contributed by atoms with E-state index in [1.165, 1.54) is 0 Å². The van der Waals surface area contributed by atoms with E-state index < -0.39 is 0 Å². The van der Waals surface area contributed by atoms with Crippen LogP contribution in [0.1, 0.15) is 17.3 Å². The molecule has 0 saturated carbocycles. The van der Waals surface area contributed by atoms with Gasteiger partial charge in [-0.25, -0.2) is 4.57 Å². The SMILES string of the molecule is CC[15n+]1cccc(C(N)=O)c1. The lowest BCUT2D eigenvalue weighted by Crippen LogP contribution is -2.32. The topological polar surface area (TPSA) is 47.0 Å². The molecule has 1 amide bonds. The van der Waals surface area contributed by atoms with Crippen LogP contribution in [0.2, 0.25) is 0 Å². The van der Waals surface area contributed by atoms with E-state index in [1.54, 1.807) is 12.3 Å². The van der Waals surface area contributed by atoms with Crippen molar-refractivity contribution < 1.29 is 9.36 Å². The fraction of sp³-hybridized carbons (Fsp3) is 0.250. The highest BCUT2D eigenvalue weighted by Crippen LogP contribution is 1.91. The molecule has 1 aromatic rings. The molecular formula is C8H11N2O+. The second-order valence-corrected chi connectivity index (χ2v) is 2.29. The van der Waals surface area contributed by atoms with Crippen LogP contribution in [-0.4, -0.2) is 5.91 Å². The average molecular weight is 152 g/mol. The number of primary amides is 1. The first-order valence-corrected chi connectivity index (χ1v) is 3.53. The summed E-state index contributed by atoms with van der Waals surface area (Å²) in [6, 6.07) is 3.51. The highest BCUT2D eigenvalue weighted by Gasteiger charge is 2.03. The molecule has 0 bridgehead atoms. The van der Waals surface area contributed by atoms with E-state index in [9.17, 15) is 4.79 Å². The number of nitrogens with zero attached hydrogens (tertiary/aromatic N) is 1. The van der Waals surface area contributed by atoms with Gasteiger partial charge in [0.25, 0.3) is 5.91 Å². The van der Waals surface area contributed by atoms with Gasteiger partial charge in [0.15, 0.2) is 12.4 Å². The van der Waals surface area contributed by atoms with Gasteiger partial charge < -0.3 is 5.73 Å². The van der Waals surface area contributed by atoms with Crippen LogP contribution in [0.3, 0.4) is 0 Å². The van der Waals surface area contributed by atoms with Crippen LogP contribution in [-0.2, 0) is 6.54 Å². The Morgan fingerprint density at radius 2 is 2.45 bits per heavy atom. The number of amides is 1. The van der Waals surface area contributed by atoms with Gasteiger partial charge in [-0.1, -0.05) is 0 Å². The first-order chi connectivity index (χ1) is 5.24. The lowest BCUT2D eigenvalue weighted by atomic mass is 10.3. The maximum absolute atomic E-state index is 10.7. The standard InChI is InChI=1S/C8H10N2O/c1-2-10-5-3-4-7(6-10)8(9)11/h3-6H,2H2,1H3,(H-,9,11)/p+1/i10+1. The van der Waals surface area contributed by atoms with E-state index in [0.717, 1.165) is 6.54 Å². The van der Waals surface area contributed by atoms with Crippen LogP contribution in [0.25, 0.3) is 0 Å². The quantitative estimate of drug-likeness (QED) is 0.600. The first kappa shape index (κ1) is 7.72. The smallest absolute Gasteiger partial charge is 0.254 e. The summed E-state index contributed by atoms with van der Waals surface area (Å²) in [6.07, 6.45) is 3.63. The molecule has 0 saturated heterocycles. The minimum atomic E-state index is -0.382. The number of aryl methyl sites for hydroxylation is 1. The maximum atomic E-state index is 10.7. The fourth-order valence-electron chi connectivity index (χ4n) is 0.864. The van der Waals surface area contributed by atoms with Gasteiger partial charge in [-0.3, -0.25) is 4.79 Å².